The van der Waals surface area contributed by atoms with Crippen molar-refractivity contribution in [2.45, 2.75) is 32.4 Å². The van der Waals surface area contributed by atoms with Crippen LogP contribution in [0.1, 0.15) is 25.3 Å². The van der Waals surface area contributed by atoms with Gasteiger partial charge >= 0.3 is 0 Å². The molecule has 0 radical (unpaired) electrons. The van der Waals surface area contributed by atoms with E-state index in [4.69, 9.17) is 0 Å². The van der Waals surface area contributed by atoms with Crippen molar-refractivity contribution in [3.05, 3.63) is 35.6 Å². The van der Waals surface area contributed by atoms with E-state index in [1.54, 1.807) is 0 Å². The number of nitrogens with zero attached hydrogens (tertiary/aromatic N) is 2. The summed E-state index contributed by atoms with van der Waals surface area (Å²) in [6, 6.07) is 6.62. The van der Waals surface area contributed by atoms with Crippen LogP contribution in [0.15, 0.2) is 24.3 Å². The average Bonchev–Trinajstić information content (AvgIpc) is 2.47. The van der Waals surface area contributed by atoms with Gasteiger partial charge in [-0.3, -0.25) is 9.69 Å². The van der Waals surface area contributed by atoms with Gasteiger partial charge in [0, 0.05) is 19.6 Å². The molecule has 0 spiro atoms. The summed E-state index contributed by atoms with van der Waals surface area (Å²) in [5.74, 6) is 0.714. The minimum absolute atomic E-state index is 0.0208. The summed E-state index contributed by atoms with van der Waals surface area (Å²) >= 11 is 0. The van der Waals surface area contributed by atoms with Gasteiger partial charge < -0.3 is 4.90 Å². The molecule has 2 bridgehead atoms. The number of likely N-dealkylation sites (tertiary alicyclic amines) is 2. The lowest BCUT2D eigenvalue weighted by atomic mass is 9.85. The standard InChI is InChI=1S/C16H21FN2O/c1-2-18-11-13-7-8-19(15(9-13)16(18)20)10-12-3-5-14(17)6-4-12/h3-6,13,15H,2,7-11H2,1H3/t13-,15+/m0/s1. The van der Waals surface area contributed by atoms with Gasteiger partial charge in [0.2, 0.25) is 5.91 Å². The normalized spacial score (nSPS) is 26.9. The van der Waals surface area contributed by atoms with E-state index in [0.717, 1.165) is 44.6 Å². The van der Waals surface area contributed by atoms with Crippen molar-refractivity contribution in [1.82, 2.24) is 9.80 Å². The molecule has 3 rings (SSSR count). The Kier molecular flexibility index (Phi) is 3.74. The predicted octanol–water partition coefficient (Wildman–Crippen LogP) is 2.27. The van der Waals surface area contributed by atoms with E-state index in [1.807, 2.05) is 24.0 Å². The highest BCUT2D eigenvalue weighted by Gasteiger charge is 2.40. The number of carbonyl (C=O) groups excluding carboxylic acids is 1. The SMILES string of the molecule is CCN1C[C@H]2CCN(Cc3ccc(F)cc3)[C@H](C2)C1=O. The zero-order valence-electron chi connectivity index (χ0n) is 11.9. The third kappa shape index (κ3) is 2.57. The Morgan fingerprint density at radius 3 is 2.75 bits per heavy atom. The van der Waals surface area contributed by atoms with Crippen molar-refractivity contribution in [3.8, 4) is 0 Å². The number of amides is 1. The second-order valence-corrected chi connectivity index (χ2v) is 5.88. The molecular formula is C16H21FN2O. The summed E-state index contributed by atoms with van der Waals surface area (Å²) in [6.07, 6.45) is 2.14. The van der Waals surface area contributed by atoms with Crippen LogP contribution in [-0.4, -0.2) is 41.4 Å². The number of piperidine rings is 2. The quantitative estimate of drug-likeness (QED) is 0.845. The Balaban J connectivity index is 1.73. The summed E-state index contributed by atoms with van der Waals surface area (Å²) < 4.78 is 13.0. The number of fused-ring (bicyclic) bond motifs is 2. The molecule has 1 aromatic rings. The van der Waals surface area contributed by atoms with E-state index >= 15 is 0 Å². The molecule has 20 heavy (non-hydrogen) atoms. The molecule has 2 aliphatic rings. The summed E-state index contributed by atoms with van der Waals surface area (Å²) in [6.45, 7) is 5.48. The summed E-state index contributed by atoms with van der Waals surface area (Å²) in [5.41, 5.74) is 1.08. The van der Waals surface area contributed by atoms with Crippen LogP contribution >= 0.6 is 0 Å². The van der Waals surface area contributed by atoms with Crippen molar-refractivity contribution in [1.29, 1.82) is 0 Å². The zero-order chi connectivity index (χ0) is 14.1. The molecule has 2 heterocycles. The largest absolute Gasteiger partial charge is 0.341 e. The van der Waals surface area contributed by atoms with Gasteiger partial charge in [0.25, 0.3) is 0 Å². The van der Waals surface area contributed by atoms with Crippen LogP contribution in [0.4, 0.5) is 4.39 Å². The summed E-state index contributed by atoms with van der Waals surface area (Å²) in [4.78, 5) is 16.7. The lowest BCUT2D eigenvalue weighted by Gasteiger charge is -2.46. The fraction of sp³-hybridized carbons (Fsp3) is 0.562. The van der Waals surface area contributed by atoms with Crippen molar-refractivity contribution in [3.63, 3.8) is 0 Å². The van der Waals surface area contributed by atoms with Crippen molar-refractivity contribution in [2.24, 2.45) is 5.92 Å². The monoisotopic (exact) mass is 276 g/mol. The second kappa shape index (κ2) is 5.52. The predicted molar refractivity (Wildman–Crippen MR) is 75.6 cm³/mol. The van der Waals surface area contributed by atoms with Crippen molar-refractivity contribution < 1.29 is 9.18 Å². The first-order valence-corrected chi connectivity index (χ1v) is 7.44. The minimum atomic E-state index is -0.210. The van der Waals surface area contributed by atoms with Crippen LogP contribution < -0.4 is 0 Å². The highest BCUT2D eigenvalue weighted by Crippen LogP contribution is 2.30. The maximum absolute atomic E-state index is 13.0. The second-order valence-electron chi connectivity index (χ2n) is 5.88. The molecule has 0 aromatic heterocycles. The molecule has 0 N–H and O–H groups in total. The molecule has 1 amide bonds. The van der Waals surface area contributed by atoms with Gasteiger partial charge in [-0.15, -0.1) is 0 Å². The fourth-order valence-corrected chi connectivity index (χ4v) is 3.42. The van der Waals surface area contributed by atoms with E-state index in [-0.39, 0.29) is 17.8 Å². The summed E-state index contributed by atoms with van der Waals surface area (Å²) in [7, 11) is 0. The van der Waals surface area contributed by atoms with Crippen LogP contribution in [0.25, 0.3) is 0 Å². The Labute approximate surface area is 119 Å². The molecule has 3 nitrogen and oxygen atoms in total. The first kappa shape index (κ1) is 13.6. The molecule has 2 saturated heterocycles. The maximum Gasteiger partial charge on any atom is 0.239 e. The molecule has 2 fully saturated rings. The van der Waals surface area contributed by atoms with E-state index in [9.17, 15) is 9.18 Å². The molecule has 0 unspecified atom stereocenters. The van der Waals surface area contributed by atoms with Gasteiger partial charge in [-0.05, 0) is 49.9 Å². The van der Waals surface area contributed by atoms with Crippen LogP contribution in [-0.2, 0) is 11.3 Å². The molecule has 108 valence electrons. The molecular weight excluding hydrogens is 255 g/mol. The van der Waals surface area contributed by atoms with E-state index < -0.39 is 0 Å². The highest BCUT2D eigenvalue weighted by molar-refractivity contribution is 5.83. The Hall–Kier alpha value is -1.42. The zero-order valence-corrected chi connectivity index (χ0v) is 11.9. The first-order chi connectivity index (χ1) is 9.67. The topological polar surface area (TPSA) is 23.6 Å². The van der Waals surface area contributed by atoms with E-state index in [2.05, 4.69) is 4.90 Å². The molecule has 4 heteroatoms. The molecule has 0 saturated carbocycles. The molecule has 0 aliphatic carbocycles. The van der Waals surface area contributed by atoms with Gasteiger partial charge in [0.15, 0.2) is 0 Å². The van der Waals surface area contributed by atoms with Crippen LogP contribution in [0.3, 0.4) is 0 Å². The minimum Gasteiger partial charge on any atom is -0.341 e. The van der Waals surface area contributed by atoms with Crippen LogP contribution in [0.2, 0.25) is 0 Å². The number of halogens is 1. The molecule has 1 aromatic carbocycles. The Morgan fingerprint density at radius 1 is 1.30 bits per heavy atom. The summed E-state index contributed by atoms with van der Waals surface area (Å²) in [5, 5.41) is 0. The fourth-order valence-electron chi connectivity index (χ4n) is 3.42. The maximum atomic E-state index is 13.0. The van der Waals surface area contributed by atoms with Gasteiger partial charge in [-0.2, -0.15) is 0 Å². The third-order valence-electron chi connectivity index (χ3n) is 4.58. The van der Waals surface area contributed by atoms with Gasteiger partial charge in [-0.1, -0.05) is 12.1 Å². The number of carbonyl (C=O) groups is 1. The number of hydrogen-bond donors (Lipinski definition) is 0. The third-order valence-corrected chi connectivity index (χ3v) is 4.58. The lowest BCUT2D eigenvalue weighted by molar-refractivity contribution is -0.145. The Bertz CT molecular complexity index is 488. The molecule has 2 aliphatic heterocycles. The van der Waals surface area contributed by atoms with Crippen LogP contribution in [0.5, 0.6) is 0 Å². The number of hydrogen-bond acceptors (Lipinski definition) is 2. The van der Waals surface area contributed by atoms with Crippen LogP contribution in [0, 0.1) is 11.7 Å². The van der Waals surface area contributed by atoms with E-state index in [0.29, 0.717) is 5.92 Å². The van der Waals surface area contributed by atoms with E-state index in [1.165, 1.54) is 12.1 Å². The average molecular weight is 276 g/mol. The first-order valence-electron chi connectivity index (χ1n) is 7.44. The number of benzene rings is 1. The van der Waals surface area contributed by atoms with Gasteiger partial charge in [0.05, 0.1) is 6.04 Å². The lowest BCUT2D eigenvalue weighted by Crippen LogP contribution is -2.58. The smallest absolute Gasteiger partial charge is 0.239 e. The molecule has 2 atom stereocenters. The van der Waals surface area contributed by atoms with Crippen molar-refractivity contribution >= 4 is 5.91 Å². The Morgan fingerprint density at radius 2 is 2.05 bits per heavy atom. The van der Waals surface area contributed by atoms with Gasteiger partial charge in [-0.25, -0.2) is 4.39 Å². The van der Waals surface area contributed by atoms with Crippen molar-refractivity contribution in [2.75, 3.05) is 19.6 Å². The number of likely N-dealkylation sites (N-methyl/N-ethyl adjacent to an activating group) is 1. The number of rotatable bonds is 3. The van der Waals surface area contributed by atoms with Gasteiger partial charge in [0.1, 0.15) is 5.82 Å². The highest BCUT2D eigenvalue weighted by atomic mass is 19.1.